The molecule has 1 N–H and O–H groups in total. The van der Waals surface area contributed by atoms with Crippen molar-refractivity contribution in [1.82, 2.24) is 10.2 Å². The molecule has 2 aliphatic heterocycles. The lowest BCUT2D eigenvalue weighted by atomic mass is 10.1. The lowest BCUT2D eigenvalue weighted by Crippen LogP contribution is -2.56. The highest BCUT2D eigenvalue weighted by Gasteiger charge is 2.33. The van der Waals surface area contributed by atoms with Gasteiger partial charge in [-0.05, 0) is 42.8 Å². The number of nitrogens with zero attached hydrogens (tertiary/aromatic N) is 2. The number of amides is 4. The summed E-state index contributed by atoms with van der Waals surface area (Å²) in [7, 11) is 0. The number of nitrogens with one attached hydrogen (secondary N) is 1. The first kappa shape index (κ1) is 17.1. The van der Waals surface area contributed by atoms with Crippen LogP contribution in [0.15, 0.2) is 48.5 Å². The molecule has 2 aromatic rings. The molecular formula is C20H19N3O4. The highest BCUT2D eigenvalue weighted by atomic mass is 16.5. The molecular weight excluding hydrogens is 346 g/mol. The number of ether oxygens (including phenoxy) is 1. The molecule has 4 rings (SSSR count). The van der Waals surface area contributed by atoms with Crippen molar-refractivity contribution in [3.05, 3.63) is 59.7 Å². The van der Waals surface area contributed by atoms with E-state index in [4.69, 9.17) is 4.74 Å². The summed E-state index contributed by atoms with van der Waals surface area (Å²) in [6.45, 7) is 3.07. The summed E-state index contributed by atoms with van der Waals surface area (Å²) in [6.07, 6.45) is -0.00590. The Balaban J connectivity index is 1.35. The Morgan fingerprint density at radius 2 is 1.78 bits per heavy atom. The van der Waals surface area contributed by atoms with E-state index in [2.05, 4.69) is 5.32 Å². The van der Waals surface area contributed by atoms with Gasteiger partial charge in [0.25, 0.3) is 5.91 Å². The van der Waals surface area contributed by atoms with Gasteiger partial charge in [-0.15, -0.1) is 0 Å². The van der Waals surface area contributed by atoms with Crippen LogP contribution in [0.25, 0.3) is 0 Å². The zero-order chi connectivity index (χ0) is 19.0. The maximum absolute atomic E-state index is 12.6. The maximum atomic E-state index is 12.6. The highest BCUT2D eigenvalue weighted by molar-refractivity contribution is 6.12. The Labute approximate surface area is 156 Å². The van der Waals surface area contributed by atoms with Gasteiger partial charge in [-0.25, -0.2) is 4.79 Å². The van der Waals surface area contributed by atoms with Gasteiger partial charge in [0.1, 0.15) is 18.4 Å². The molecule has 7 nitrogen and oxygen atoms in total. The lowest BCUT2D eigenvalue weighted by molar-refractivity contribution is -0.117. The maximum Gasteiger partial charge on any atom is 0.329 e. The average molecular weight is 365 g/mol. The Bertz CT molecular complexity index is 904. The van der Waals surface area contributed by atoms with Crippen LogP contribution in [0.1, 0.15) is 15.9 Å². The third-order valence-corrected chi connectivity index (χ3v) is 4.74. The second-order valence-electron chi connectivity index (χ2n) is 6.70. The summed E-state index contributed by atoms with van der Waals surface area (Å²) in [6, 6.07) is 14.1. The van der Waals surface area contributed by atoms with Crippen LogP contribution in [0.5, 0.6) is 5.75 Å². The van der Waals surface area contributed by atoms with Gasteiger partial charge in [-0.2, -0.15) is 0 Å². The number of urea groups is 1. The predicted molar refractivity (Wildman–Crippen MR) is 98.8 cm³/mol. The predicted octanol–water partition coefficient (Wildman–Crippen LogP) is 1.95. The van der Waals surface area contributed by atoms with E-state index in [1.54, 1.807) is 29.2 Å². The molecule has 0 radical (unpaired) electrons. The molecule has 4 amide bonds. The number of carbonyl (C=O) groups is 3. The van der Waals surface area contributed by atoms with Crippen molar-refractivity contribution in [2.45, 2.75) is 13.0 Å². The van der Waals surface area contributed by atoms with E-state index in [1.165, 1.54) is 4.90 Å². The van der Waals surface area contributed by atoms with Crippen molar-refractivity contribution in [2.24, 2.45) is 0 Å². The van der Waals surface area contributed by atoms with E-state index in [0.29, 0.717) is 24.3 Å². The number of anilines is 1. The summed E-state index contributed by atoms with van der Waals surface area (Å²) in [5.74, 6) is 0.436. The Kier molecular flexibility index (Phi) is 4.27. The molecule has 0 bridgehead atoms. The largest absolute Gasteiger partial charge is 0.486 e. The normalized spacial score (nSPS) is 16.9. The summed E-state index contributed by atoms with van der Waals surface area (Å²) in [5.41, 5.74) is 2.19. The van der Waals surface area contributed by atoms with E-state index in [1.807, 2.05) is 31.2 Å². The summed E-state index contributed by atoms with van der Waals surface area (Å²) in [5, 5.41) is 2.23. The number of para-hydroxylation sites is 1. The SMILES string of the molecule is Cc1ccccc1OC1CN(C(=O)c2ccc(N3CC(=O)NC3=O)cc2)C1. The Hall–Kier alpha value is -3.35. The number of carbonyl (C=O) groups excluding carboxylic acids is 3. The Morgan fingerprint density at radius 1 is 1.07 bits per heavy atom. The second-order valence-corrected chi connectivity index (χ2v) is 6.70. The third-order valence-electron chi connectivity index (χ3n) is 4.74. The van der Waals surface area contributed by atoms with Crippen LogP contribution in [-0.4, -0.2) is 48.5 Å². The van der Waals surface area contributed by atoms with Crippen LogP contribution in [0, 0.1) is 6.92 Å². The fourth-order valence-electron chi connectivity index (χ4n) is 3.16. The van der Waals surface area contributed by atoms with Gasteiger partial charge in [0, 0.05) is 11.3 Å². The first-order valence-electron chi connectivity index (χ1n) is 8.74. The van der Waals surface area contributed by atoms with Crippen LogP contribution in [0.4, 0.5) is 10.5 Å². The van der Waals surface area contributed by atoms with Crippen molar-refractivity contribution in [2.75, 3.05) is 24.5 Å². The number of hydrogen-bond donors (Lipinski definition) is 1. The van der Waals surface area contributed by atoms with Crippen LogP contribution < -0.4 is 15.0 Å². The van der Waals surface area contributed by atoms with Crippen molar-refractivity contribution in [3.63, 3.8) is 0 Å². The van der Waals surface area contributed by atoms with Crippen molar-refractivity contribution in [1.29, 1.82) is 0 Å². The molecule has 2 fully saturated rings. The van der Waals surface area contributed by atoms with E-state index < -0.39 is 6.03 Å². The molecule has 138 valence electrons. The second kappa shape index (κ2) is 6.75. The minimum Gasteiger partial charge on any atom is -0.486 e. The monoisotopic (exact) mass is 365 g/mol. The lowest BCUT2D eigenvalue weighted by Gasteiger charge is -2.39. The summed E-state index contributed by atoms with van der Waals surface area (Å²) >= 11 is 0. The number of benzene rings is 2. The van der Waals surface area contributed by atoms with Gasteiger partial charge >= 0.3 is 6.03 Å². The van der Waals surface area contributed by atoms with E-state index in [0.717, 1.165) is 11.3 Å². The van der Waals surface area contributed by atoms with Gasteiger partial charge in [0.15, 0.2) is 0 Å². The quantitative estimate of drug-likeness (QED) is 0.840. The molecule has 0 spiro atoms. The molecule has 0 saturated carbocycles. The molecule has 0 unspecified atom stereocenters. The fourth-order valence-corrected chi connectivity index (χ4v) is 3.16. The van der Waals surface area contributed by atoms with Crippen LogP contribution in [0.3, 0.4) is 0 Å². The van der Waals surface area contributed by atoms with E-state index in [-0.39, 0.29) is 24.5 Å². The van der Waals surface area contributed by atoms with E-state index >= 15 is 0 Å². The molecule has 0 atom stereocenters. The van der Waals surface area contributed by atoms with Crippen LogP contribution >= 0.6 is 0 Å². The molecule has 7 heteroatoms. The van der Waals surface area contributed by atoms with Crippen molar-refractivity contribution >= 4 is 23.5 Å². The molecule has 27 heavy (non-hydrogen) atoms. The van der Waals surface area contributed by atoms with Gasteiger partial charge < -0.3 is 9.64 Å². The number of rotatable bonds is 4. The molecule has 2 aliphatic rings. The van der Waals surface area contributed by atoms with Gasteiger partial charge in [-0.3, -0.25) is 19.8 Å². The smallest absolute Gasteiger partial charge is 0.329 e. The molecule has 2 saturated heterocycles. The minimum atomic E-state index is -0.446. The number of hydrogen-bond acceptors (Lipinski definition) is 4. The summed E-state index contributed by atoms with van der Waals surface area (Å²) in [4.78, 5) is 38.6. The number of likely N-dealkylation sites (tertiary alicyclic amines) is 1. The molecule has 0 aliphatic carbocycles. The van der Waals surface area contributed by atoms with Crippen LogP contribution in [-0.2, 0) is 4.79 Å². The van der Waals surface area contributed by atoms with Gasteiger partial charge in [0.05, 0.1) is 13.1 Å². The fraction of sp³-hybridized carbons (Fsp3) is 0.250. The molecule has 0 aromatic heterocycles. The van der Waals surface area contributed by atoms with Crippen molar-refractivity contribution in [3.8, 4) is 5.75 Å². The van der Waals surface area contributed by atoms with Crippen LogP contribution in [0.2, 0.25) is 0 Å². The first-order valence-corrected chi connectivity index (χ1v) is 8.74. The van der Waals surface area contributed by atoms with E-state index in [9.17, 15) is 14.4 Å². The highest BCUT2D eigenvalue weighted by Crippen LogP contribution is 2.24. The minimum absolute atomic E-state index is 0.00380. The molecule has 2 aromatic carbocycles. The number of imide groups is 1. The van der Waals surface area contributed by atoms with Gasteiger partial charge in [-0.1, -0.05) is 18.2 Å². The summed E-state index contributed by atoms with van der Waals surface area (Å²) < 4.78 is 5.93. The van der Waals surface area contributed by atoms with Crippen molar-refractivity contribution < 1.29 is 19.1 Å². The zero-order valence-electron chi connectivity index (χ0n) is 14.8. The number of aryl methyl sites for hydroxylation is 1. The van der Waals surface area contributed by atoms with Gasteiger partial charge in [0.2, 0.25) is 5.91 Å². The Morgan fingerprint density at radius 3 is 2.41 bits per heavy atom. The molecule has 2 heterocycles. The zero-order valence-corrected chi connectivity index (χ0v) is 14.8. The first-order chi connectivity index (χ1) is 13.0. The topological polar surface area (TPSA) is 79.0 Å². The average Bonchev–Trinajstić information content (AvgIpc) is 2.97. The third kappa shape index (κ3) is 3.36. The standard InChI is InChI=1S/C20H19N3O4/c1-13-4-2-3-5-17(13)27-16-10-22(11-16)19(25)14-6-8-15(9-7-14)23-12-18(24)21-20(23)26/h2-9,16H,10-12H2,1H3,(H,21,24,26).